The summed E-state index contributed by atoms with van der Waals surface area (Å²) in [4.78, 5) is 0. The molecule has 0 aliphatic carbocycles. The van der Waals surface area contributed by atoms with Crippen molar-refractivity contribution in [1.82, 2.24) is 0 Å². The van der Waals surface area contributed by atoms with E-state index in [1.807, 2.05) is 54.6 Å². The average Bonchev–Trinajstić information content (AvgIpc) is 2.47. The molecule has 2 atom stereocenters. The van der Waals surface area contributed by atoms with Gasteiger partial charge in [-0.2, -0.15) is 0 Å². The standard InChI is InChI=1S/C16H19NO2/c17-11-10-15(18)16(19)14-9-5-4-8-13(14)12-6-2-1-3-7-12/h1-9,15-16,18-19H,10-11,17H2. The van der Waals surface area contributed by atoms with E-state index in [9.17, 15) is 10.2 Å². The Kier molecular flexibility index (Phi) is 4.68. The third-order valence-electron chi connectivity index (χ3n) is 3.19. The van der Waals surface area contributed by atoms with Crippen molar-refractivity contribution in [2.75, 3.05) is 6.54 Å². The summed E-state index contributed by atoms with van der Waals surface area (Å²) in [6.07, 6.45) is -1.38. The van der Waals surface area contributed by atoms with Gasteiger partial charge in [-0.05, 0) is 29.7 Å². The molecule has 0 saturated heterocycles. The van der Waals surface area contributed by atoms with Crippen LogP contribution in [-0.4, -0.2) is 22.9 Å². The van der Waals surface area contributed by atoms with Gasteiger partial charge < -0.3 is 15.9 Å². The van der Waals surface area contributed by atoms with Crippen molar-refractivity contribution in [3.8, 4) is 11.1 Å². The average molecular weight is 257 g/mol. The third-order valence-corrected chi connectivity index (χ3v) is 3.19. The van der Waals surface area contributed by atoms with Gasteiger partial charge in [0.25, 0.3) is 0 Å². The zero-order chi connectivity index (χ0) is 13.7. The number of hydrogen-bond acceptors (Lipinski definition) is 3. The van der Waals surface area contributed by atoms with Gasteiger partial charge in [-0.1, -0.05) is 54.6 Å². The van der Waals surface area contributed by atoms with E-state index in [0.29, 0.717) is 13.0 Å². The predicted octanol–water partition coefficient (Wildman–Crippen LogP) is 2.10. The maximum absolute atomic E-state index is 10.3. The topological polar surface area (TPSA) is 66.5 Å². The Morgan fingerprint density at radius 1 is 0.895 bits per heavy atom. The van der Waals surface area contributed by atoms with Crippen molar-refractivity contribution in [1.29, 1.82) is 0 Å². The highest BCUT2D eigenvalue weighted by molar-refractivity contribution is 5.67. The van der Waals surface area contributed by atoms with Crippen molar-refractivity contribution >= 4 is 0 Å². The summed E-state index contributed by atoms with van der Waals surface area (Å²) in [6, 6.07) is 17.4. The van der Waals surface area contributed by atoms with Crippen molar-refractivity contribution in [3.05, 3.63) is 60.2 Å². The summed E-state index contributed by atoms with van der Waals surface area (Å²) in [6.45, 7) is 0.353. The minimum atomic E-state index is -0.917. The molecule has 0 fully saturated rings. The fourth-order valence-electron chi connectivity index (χ4n) is 2.17. The van der Waals surface area contributed by atoms with Gasteiger partial charge in [-0.15, -0.1) is 0 Å². The Bertz CT molecular complexity index is 513. The van der Waals surface area contributed by atoms with E-state index < -0.39 is 12.2 Å². The summed E-state index contributed by atoms with van der Waals surface area (Å²) in [5, 5.41) is 20.2. The summed E-state index contributed by atoms with van der Waals surface area (Å²) in [5.74, 6) is 0. The summed E-state index contributed by atoms with van der Waals surface area (Å²) >= 11 is 0. The van der Waals surface area contributed by atoms with Crippen LogP contribution in [0.1, 0.15) is 18.1 Å². The highest BCUT2D eigenvalue weighted by Crippen LogP contribution is 2.30. The van der Waals surface area contributed by atoms with Gasteiger partial charge in [-0.25, -0.2) is 0 Å². The van der Waals surface area contributed by atoms with Gasteiger partial charge in [0.05, 0.1) is 6.10 Å². The number of rotatable bonds is 5. The second-order valence-corrected chi connectivity index (χ2v) is 4.54. The molecule has 0 bridgehead atoms. The van der Waals surface area contributed by atoms with Gasteiger partial charge in [-0.3, -0.25) is 0 Å². The number of hydrogen-bond donors (Lipinski definition) is 3. The molecule has 3 nitrogen and oxygen atoms in total. The SMILES string of the molecule is NCCC(O)C(O)c1ccccc1-c1ccccc1. The smallest absolute Gasteiger partial charge is 0.105 e. The quantitative estimate of drug-likeness (QED) is 0.768. The Morgan fingerprint density at radius 3 is 2.21 bits per heavy atom. The molecule has 2 rings (SSSR count). The van der Waals surface area contributed by atoms with Crippen LogP contribution in [0.25, 0.3) is 11.1 Å². The van der Waals surface area contributed by atoms with E-state index in [0.717, 1.165) is 16.7 Å². The van der Waals surface area contributed by atoms with Crippen molar-refractivity contribution < 1.29 is 10.2 Å². The van der Waals surface area contributed by atoms with Gasteiger partial charge in [0.15, 0.2) is 0 Å². The van der Waals surface area contributed by atoms with Gasteiger partial charge in [0, 0.05) is 0 Å². The number of nitrogens with two attached hydrogens (primary N) is 1. The summed E-state index contributed by atoms with van der Waals surface area (Å²) in [5.41, 5.74) is 8.12. The lowest BCUT2D eigenvalue weighted by molar-refractivity contribution is 0.0153. The number of aliphatic hydroxyl groups is 2. The molecule has 0 heterocycles. The molecule has 0 aliphatic rings. The first-order valence-electron chi connectivity index (χ1n) is 6.44. The fraction of sp³-hybridized carbons (Fsp3) is 0.250. The van der Waals surface area contributed by atoms with Gasteiger partial charge >= 0.3 is 0 Å². The van der Waals surface area contributed by atoms with E-state index in [1.54, 1.807) is 0 Å². The Labute approximate surface area is 113 Å². The lowest BCUT2D eigenvalue weighted by Crippen LogP contribution is -2.22. The highest BCUT2D eigenvalue weighted by Gasteiger charge is 2.20. The highest BCUT2D eigenvalue weighted by atomic mass is 16.3. The summed E-state index contributed by atoms with van der Waals surface area (Å²) < 4.78 is 0. The van der Waals surface area contributed by atoms with Crippen LogP contribution in [0.3, 0.4) is 0 Å². The minimum absolute atomic E-state index is 0.353. The van der Waals surface area contributed by atoms with E-state index in [1.165, 1.54) is 0 Å². The van der Waals surface area contributed by atoms with Crippen LogP contribution in [-0.2, 0) is 0 Å². The molecular weight excluding hydrogens is 238 g/mol. The van der Waals surface area contributed by atoms with Crippen LogP contribution >= 0.6 is 0 Å². The molecule has 0 aliphatic heterocycles. The normalized spacial score (nSPS) is 14.1. The van der Waals surface area contributed by atoms with Crippen LogP contribution in [0.5, 0.6) is 0 Å². The van der Waals surface area contributed by atoms with Crippen LogP contribution in [0.15, 0.2) is 54.6 Å². The molecule has 2 aromatic carbocycles. The lowest BCUT2D eigenvalue weighted by atomic mass is 9.93. The maximum atomic E-state index is 10.3. The van der Waals surface area contributed by atoms with Gasteiger partial charge in [0.2, 0.25) is 0 Å². The number of benzene rings is 2. The molecular formula is C16H19NO2. The fourth-order valence-corrected chi connectivity index (χ4v) is 2.17. The first kappa shape index (κ1) is 13.7. The molecule has 3 heteroatoms. The van der Waals surface area contributed by atoms with Crippen molar-refractivity contribution in [2.45, 2.75) is 18.6 Å². The van der Waals surface area contributed by atoms with Crippen LogP contribution in [0, 0.1) is 0 Å². The molecule has 0 saturated carbocycles. The van der Waals surface area contributed by atoms with E-state index >= 15 is 0 Å². The summed E-state index contributed by atoms with van der Waals surface area (Å²) in [7, 11) is 0. The monoisotopic (exact) mass is 257 g/mol. The van der Waals surface area contributed by atoms with Crippen molar-refractivity contribution in [2.24, 2.45) is 5.73 Å². The molecule has 4 N–H and O–H groups in total. The molecule has 0 aromatic heterocycles. The van der Waals surface area contributed by atoms with E-state index in [2.05, 4.69) is 0 Å². The molecule has 0 radical (unpaired) electrons. The first-order chi connectivity index (χ1) is 9.24. The van der Waals surface area contributed by atoms with Crippen LogP contribution in [0.2, 0.25) is 0 Å². The Balaban J connectivity index is 2.36. The minimum Gasteiger partial charge on any atom is -0.390 e. The maximum Gasteiger partial charge on any atom is 0.105 e. The second-order valence-electron chi connectivity index (χ2n) is 4.54. The molecule has 2 aromatic rings. The Morgan fingerprint density at radius 2 is 1.53 bits per heavy atom. The van der Waals surface area contributed by atoms with E-state index in [-0.39, 0.29) is 0 Å². The second kappa shape index (κ2) is 6.48. The third kappa shape index (κ3) is 3.20. The van der Waals surface area contributed by atoms with Gasteiger partial charge in [0.1, 0.15) is 6.10 Å². The van der Waals surface area contributed by atoms with Crippen molar-refractivity contribution in [3.63, 3.8) is 0 Å². The lowest BCUT2D eigenvalue weighted by Gasteiger charge is -2.20. The zero-order valence-electron chi connectivity index (χ0n) is 10.7. The largest absolute Gasteiger partial charge is 0.390 e. The first-order valence-corrected chi connectivity index (χ1v) is 6.44. The molecule has 2 unspecified atom stereocenters. The zero-order valence-corrected chi connectivity index (χ0v) is 10.7. The molecule has 0 amide bonds. The molecule has 0 spiro atoms. The Hall–Kier alpha value is -1.68. The predicted molar refractivity (Wildman–Crippen MR) is 76.5 cm³/mol. The van der Waals surface area contributed by atoms with E-state index in [4.69, 9.17) is 5.73 Å². The van der Waals surface area contributed by atoms with Crippen LogP contribution in [0.4, 0.5) is 0 Å². The molecule has 100 valence electrons. The molecule has 19 heavy (non-hydrogen) atoms. The number of aliphatic hydroxyl groups excluding tert-OH is 2. The van der Waals surface area contributed by atoms with Crippen LogP contribution < -0.4 is 5.73 Å².